The SMILES string of the molecule is N#Cc1c(Sc2c(Cl)cncc2Cl)sc(C(=O)O)c1-c1ccccc1. The molecule has 25 heavy (non-hydrogen) atoms. The summed E-state index contributed by atoms with van der Waals surface area (Å²) in [6.45, 7) is 0. The number of rotatable bonds is 4. The van der Waals surface area contributed by atoms with Crippen LogP contribution in [0.15, 0.2) is 51.8 Å². The molecule has 0 fully saturated rings. The van der Waals surface area contributed by atoms with Crippen LogP contribution in [0.1, 0.15) is 15.2 Å². The maximum absolute atomic E-state index is 11.7. The molecule has 0 saturated carbocycles. The molecule has 0 amide bonds. The van der Waals surface area contributed by atoms with Gasteiger partial charge in [-0.15, -0.1) is 11.3 Å². The van der Waals surface area contributed by atoms with E-state index in [4.69, 9.17) is 23.2 Å². The van der Waals surface area contributed by atoms with E-state index >= 15 is 0 Å². The van der Waals surface area contributed by atoms with Gasteiger partial charge >= 0.3 is 5.97 Å². The Balaban J connectivity index is 2.19. The van der Waals surface area contributed by atoms with E-state index in [0.29, 0.717) is 35.8 Å². The average Bonchev–Trinajstić information content (AvgIpc) is 2.97. The molecule has 1 N–H and O–H groups in total. The highest BCUT2D eigenvalue weighted by Gasteiger charge is 2.25. The smallest absolute Gasteiger partial charge is 0.346 e. The van der Waals surface area contributed by atoms with Gasteiger partial charge in [0.25, 0.3) is 0 Å². The summed E-state index contributed by atoms with van der Waals surface area (Å²) < 4.78 is 0.522. The molecule has 0 aliphatic rings. The van der Waals surface area contributed by atoms with Gasteiger partial charge in [-0.05, 0) is 5.56 Å². The van der Waals surface area contributed by atoms with Crippen molar-refractivity contribution >= 4 is 52.3 Å². The van der Waals surface area contributed by atoms with Crippen LogP contribution >= 0.6 is 46.3 Å². The molecule has 1 aromatic carbocycles. The lowest BCUT2D eigenvalue weighted by atomic mass is 10.0. The van der Waals surface area contributed by atoms with E-state index in [-0.39, 0.29) is 4.88 Å². The van der Waals surface area contributed by atoms with Gasteiger partial charge in [0.2, 0.25) is 0 Å². The monoisotopic (exact) mass is 406 g/mol. The number of carbonyl (C=O) groups is 1. The number of carboxylic acid groups (broad SMARTS) is 1. The summed E-state index contributed by atoms with van der Waals surface area (Å²) in [5, 5.41) is 19.9. The highest BCUT2D eigenvalue weighted by atomic mass is 35.5. The van der Waals surface area contributed by atoms with Crippen LogP contribution < -0.4 is 0 Å². The van der Waals surface area contributed by atoms with Gasteiger partial charge in [-0.3, -0.25) is 4.98 Å². The number of hydrogen-bond acceptors (Lipinski definition) is 5. The van der Waals surface area contributed by atoms with Crippen LogP contribution in [0.2, 0.25) is 10.0 Å². The molecule has 0 radical (unpaired) electrons. The normalized spacial score (nSPS) is 10.4. The van der Waals surface area contributed by atoms with Crippen LogP contribution in [0.4, 0.5) is 0 Å². The highest BCUT2D eigenvalue weighted by molar-refractivity contribution is 8.01. The molecule has 0 aliphatic heterocycles. The van der Waals surface area contributed by atoms with Gasteiger partial charge in [0.15, 0.2) is 0 Å². The fraction of sp³-hybridized carbons (Fsp3) is 0. The number of aromatic nitrogens is 1. The van der Waals surface area contributed by atoms with E-state index < -0.39 is 5.97 Å². The van der Waals surface area contributed by atoms with E-state index in [2.05, 4.69) is 11.1 Å². The van der Waals surface area contributed by atoms with E-state index in [1.54, 1.807) is 24.3 Å². The fourth-order valence-electron chi connectivity index (χ4n) is 2.20. The standard InChI is InChI=1S/C17H8Cl2N2O2S2/c18-11-7-21-8-12(19)14(11)24-17-10(6-20)13(15(25-17)16(22)23)9-4-2-1-3-5-9/h1-5,7-8H,(H,22,23). The molecule has 0 spiro atoms. The Morgan fingerprint density at radius 1 is 1.20 bits per heavy atom. The molecule has 3 rings (SSSR count). The summed E-state index contributed by atoms with van der Waals surface area (Å²) >= 11 is 14.5. The molecule has 0 atom stereocenters. The van der Waals surface area contributed by atoms with Crippen molar-refractivity contribution in [3.8, 4) is 17.2 Å². The van der Waals surface area contributed by atoms with E-state index in [1.807, 2.05) is 6.07 Å². The Labute approximate surface area is 161 Å². The number of nitriles is 1. The average molecular weight is 407 g/mol. The topological polar surface area (TPSA) is 74.0 Å². The van der Waals surface area contributed by atoms with Crippen LogP contribution in [0.25, 0.3) is 11.1 Å². The van der Waals surface area contributed by atoms with Crippen molar-refractivity contribution in [2.24, 2.45) is 0 Å². The Morgan fingerprint density at radius 3 is 2.40 bits per heavy atom. The molecule has 4 nitrogen and oxygen atoms in total. The number of halogens is 2. The first kappa shape index (κ1) is 17.8. The maximum atomic E-state index is 11.7. The minimum Gasteiger partial charge on any atom is -0.477 e. The second-order valence-corrected chi connectivity index (χ2v) is 7.90. The van der Waals surface area contributed by atoms with Crippen molar-refractivity contribution in [1.82, 2.24) is 4.98 Å². The quantitative estimate of drug-likeness (QED) is 0.588. The highest BCUT2D eigenvalue weighted by Crippen LogP contribution is 2.47. The van der Waals surface area contributed by atoms with Gasteiger partial charge < -0.3 is 5.11 Å². The van der Waals surface area contributed by atoms with Gasteiger partial charge in [0.1, 0.15) is 10.9 Å². The lowest BCUT2D eigenvalue weighted by Crippen LogP contribution is -1.95. The van der Waals surface area contributed by atoms with Crippen LogP contribution in [-0.2, 0) is 0 Å². The molecule has 0 unspecified atom stereocenters. The maximum Gasteiger partial charge on any atom is 0.346 e. The summed E-state index contributed by atoms with van der Waals surface area (Å²) in [6.07, 6.45) is 2.90. The zero-order chi connectivity index (χ0) is 18.0. The minimum absolute atomic E-state index is 0.103. The summed E-state index contributed by atoms with van der Waals surface area (Å²) in [7, 11) is 0. The van der Waals surface area contributed by atoms with E-state index in [9.17, 15) is 15.2 Å². The van der Waals surface area contributed by atoms with Crippen molar-refractivity contribution in [3.63, 3.8) is 0 Å². The second-order valence-electron chi connectivity index (χ2n) is 4.79. The summed E-state index contributed by atoms with van der Waals surface area (Å²) in [5.41, 5.74) is 1.37. The van der Waals surface area contributed by atoms with Gasteiger partial charge in [-0.25, -0.2) is 4.79 Å². The Bertz CT molecular complexity index is 978. The molecular formula is C17H8Cl2N2O2S2. The Hall–Kier alpha value is -2.04. The van der Waals surface area contributed by atoms with Gasteiger partial charge in [0, 0.05) is 18.0 Å². The number of pyridine rings is 1. The van der Waals surface area contributed by atoms with Gasteiger partial charge in [0.05, 0.1) is 24.7 Å². The molecule has 8 heteroatoms. The van der Waals surface area contributed by atoms with E-state index in [1.165, 1.54) is 24.2 Å². The molecule has 0 bridgehead atoms. The van der Waals surface area contributed by atoms with Crippen LogP contribution in [0, 0.1) is 11.3 Å². The lowest BCUT2D eigenvalue weighted by Gasteiger charge is -2.05. The van der Waals surface area contributed by atoms with Crippen molar-refractivity contribution in [3.05, 3.63) is 63.2 Å². The molecule has 2 heterocycles. The van der Waals surface area contributed by atoms with E-state index in [0.717, 1.165) is 11.3 Å². The molecule has 3 aromatic rings. The molecule has 0 saturated heterocycles. The number of thiophene rings is 1. The summed E-state index contributed by atoms with van der Waals surface area (Å²) in [5.74, 6) is -1.08. The third kappa shape index (κ3) is 3.51. The zero-order valence-electron chi connectivity index (χ0n) is 12.4. The zero-order valence-corrected chi connectivity index (χ0v) is 15.5. The number of carboxylic acids is 1. The fourth-order valence-corrected chi connectivity index (χ4v) is 5.05. The first-order chi connectivity index (χ1) is 12.0. The van der Waals surface area contributed by atoms with Crippen molar-refractivity contribution < 1.29 is 9.90 Å². The van der Waals surface area contributed by atoms with Crippen molar-refractivity contribution in [2.45, 2.75) is 9.10 Å². The number of nitrogens with zero attached hydrogens (tertiary/aromatic N) is 2. The molecular weight excluding hydrogens is 399 g/mol. The Morgan fingerprint density at radius 2 is 1.84 bits per heavy atom. The number of benzene rings is 1. The number of hydrogen-bond donors (Lipinski definition) is 1. The Kier molecular flexibility index (Phi) is 5.30. The lowest BCUT2D eigenvalue weighted by molar-refractivity contribution is 0.0703. The minimum atomic E-state index is -1.08. The van der Waals surface area contributed by atoms with Crippen molar-refractivity contribution in [2.75, 3.05) is 0 Å². The molecule has 124 valence electrons. The third-order valence-electron chi connectivity index (χ3n) is 3.25. The van der Waals surface area contributed by atoms with Crippen LogP contribution in [0.5, 0.6) is 0 Å². The summed E-state index contributed by atoms with van der Waals surface area (Å²) in [6, 6.07) is 11.1. The predicted molar refractivity (Wildman–Crippen MR) is 99.8 cm³/mol. The van der Waals surface area contributed by atoms with Gasteiger partial charge in [-0.2, -0.15) is 5.26 Å². The summed E-state index contributed by atoms with van der Waals surface area (Å²) in [4.78, 5) is 16.2. The number of aromatic carboxylic acids is 1. The second kappa shape index (κ2) is 7.46. The first-order valence-electron chi connectivity index (χ1n) is 6.85. The predicted octanol–water partition coefficient (Wildman–Crippen LogP) is 5.84. The third-order valence-corrected chi connectivity index (χ3v) is 6.55. The van der Waals surface area contributed by atoms with Crippen LogP contribution in [-0.4, -0.2) is 16.1 Å². The first-order valence-corrected chi connectivity index (χ1v) is 9.24. The van der Waals surface area contributed by atoms with Crippen LogP contribution in [0.3, 0.4) is 0 Å². The molecule has 0 aliphatic carbocycles. The van der Waals surface area contributed by atoms with Crippen molar-refractivity contribution in [1.29, 1.82) is 5.26 Å². The van der Waals surface area contributed by atoms with Gasteiger partial charge in [-0.1, -0.05) is 65.3 Å². The largest absolute Gasteiger partial charge is 0.477 e. The molecule has 2 aromatic heterocycles.